The van der Waals surface area contributed by atoms with Gasteiger partial charge in [0.2, 0.25) is 5.91 Å². The van der Waals surface area contributed by atoms with Crippen LogP contribution < -0.4 is 15.0 Å². The number of anilines is 1. The van der Waals surface area contributed by atoms with Gasteiger partial charge in [0, 0.05) is 57.1 Å². The van der Waals surface area contributed by atoms with Crippen LogP contribution in [-0.4, -0.2) is 68.0 Å². The molecule has 4 aromatic carbocycles. The molecule has 0 spiro atoms. The highest BCUT2D eigenvalue weighted by Gasteiger charge is 2.48. The van der Waals surface area contributed by atoms with Crippen molar-refractivity contribution in [3.05, 3.63) is 119 Å². The third-order valence-corrected chi connectivity index (χ3v) is 10.3. The van der Waals surface area contributed by atoms with E-state index in [4.69, 9.17) is 4.74 Å². The topological polar surface area (TPSA) is 65.1 Å². The van der Waals surface area contributed by atoms with Gasteiger partial charge in [0.15, 0.2) is 0 Å². The number of hydrogen-bond acceptors (Lipinski definition) is 5. The van der Waals surface area contributed by atoms with Crippen molar-refractivity contribution in [1.29, 1.82) is 0 Å². The Bertz CT molecular complexity index is 1730. The van der Waals surface area contributed by atoms with Gasteiger partial charge in [-0.05, 0) is 84.0 Å². The van der Waals surface area contributed by atoms with E-state index in [0.717, 1.165) is 91.2 Å². The number of benzene rings is 4. The number of amides is 2. The van der Waals surface area contributed by atoms with Crippen molar-refractivity contribution in [3.63, 3.8) is 0 Å². The molecule has 47 heavy (non-hydrogen) atoms. The highest BCUT2D eigenvalue weighted by Crippen LogP contribution is 2.51. The molecule has 2 heterocycles. The Kier molecular flexibility index (Phi) is 8.74. The first-order chi connectivity index (χ1) is 23.0. The Morgan fingerprint density at radius 1 is 0.830 bits per heavy atom. The van der Waals surface area contributed by atoms with Crippen molar-refractivity contribution in [2.75, 3.05) is 51.3 Å². The zero-order valence-electron chi connectivity index (χ0n) is 27.5. The minimum atomic E-state index is -0.642. The molecule has 0 atom stereocenters. The average Bonchev–Trinajstić information content (AvgIpc) is 3.58. The van der Waals surface area contributed by atoms with E-state index in [2.05, 4.69) is 81.8 Å². The number of methoxy groups -OCH3 is 1. The number of nitrogens with one attached hydrogen (secondary N) is 1. The highest BCUT2D eigenvalue weighted by molar-refractivity contribution is 6.01. The molecule has 1 saturated heterocycles. The third-order valence-electron chi connectivity index (χ3n) is 10.3. The first kappa shape index (κ1) is 31.0. The first-order valence-corrected chi connectivity index (χ1v) is 17.0. The number of likely N-dealkylation sites (N-methyl/N-ethyl adjacent to an activating group) is 1. The standard InChI is InChI=1S/C40H44N4O3/c1-3-41-39(46)40(36-15-6-4-13-33(36)34-14-5-7-16-37(34)40)19-8-9-20-42-21-23-43(24-22-42)31-18-17-30-28-44(38(45)35(30)26-31)27-29-11-10-12-32(25-29)47-2/h4-7,10-18,25-26H,3,8-9,19-24,27-28H2,1-2H3,(H,41,46). The van der Waals surface area contributed by atoms with Crippen LogP contribution >= 0.6 is 0 Å². The number of ether oxygens (including phenoxy) is 1. The lowest BCUT2D eigenvalue weighted by Crippen LogP contribution is -2.47. The van der Waals surface area contributed by atoms with E-state index in [9.17, 15) is 9.59 Å². The normalized spacial score (nSPS) is 16.5. The summed E-state index contributed by atoms with van der Waals surface area (Å²) in [5, 5.41) is 3.17. The van der Waals surface area contributed by atoms with Gasteiger partial charge < -0.3 is 19.9 Å². The molecule has 242 valence electrons. The summed E-state index contributed by atoms with van der Waals surface area (Å²) in [4.78, 5) is 34.1. The van der Waals surface area contributed by atoms with Crippen LogP contribution in [0.2, 0.25) is 0 Å². The lowest BCUT2D eigenvalue weighted by molar-refractivity contribution is -0.125. The summed E-state index contributed by atoms with van der Waals surface area (Å²) in [5.41, 5.74) is 8.11. The fourth-order valence-electron chi connectivity index (χ4n) is 7.88. The summed E-state index contributed by atoms with van der Waals surface area (Å²) >= 11 is 0. The number of rotatable bonds is 11. The second kappa shape index (κ2) is 13.2. The summed E-state index contributed by atoms with van der Waals surface area (Å²) in [6.07, 6.45) is 2.81. The lowest BCUT2D eigenvalue weighted by Gasteiger charge is -2.36. The Morgan fingerprint density at radius 2 is 1.55 bits per heavy atom. The molecule has 0 radical (unpaired) electrons. The molecule has 4 aromatic rings. The van der Waals surface area contributed by atoms with Crippen molar-refractivity contribution >= 4 is 17.5 Å². The number of fused-ring (bicyclic) bond motifs is 4. The second-order valence-corrected chi connectivity index (χ2v) is 13.0. The predicted octanol–water partition coefficient (Wildman–Crippen LogP) is 6.25. The van der Waals surface area contributed by atoms with Gasteiger partial charge in [-0.3, -0.25) is 14.5 Å². The summed E-state index contributed by atoms with van der Waals surface area (Å²) < 4.78 is 5.36. The van der Waals surface area contributed by atoms with E-state index in [1.54, 1.807) is 7.11 Å². The van der Waals surface area contributed by atoms with Gasteiger partial charge in [-0.15, -0.1) is 0 Å². The number of unbranched alkanes of at least 4 members (excludes halogenated alkanes) is 1. The largest absolute Gasteiger partial charge is 0.497 e. The van der Waals surface area contributed by atoms with Gasteiger partial charge >= 0.3 is 0 Å². The minimum Gasteiger partial charge on any atom is -0.497 e. The molecule has 0 saturated carbocycles. The maximum absolute atomic E-state index is 13.8. The number of hydrogen-bond donors (Lipinski definition) is 1. The molecule has 3 aliphatic rings. The number of piperazine rings is 1. The zero-order chi connectivity index (χ0) is 32.4. The Balaban J connectivity index is 0.948. The molecule has 2 amide bonds. The zero-order valence-corrected chi connectivity index (χ0v) is 27.5. The van der Waals surface area contributed by atoms with Crippen molar-refractivity contribution < 1.29 is 14.3 Å². The van der Waals surface area contributed by atoms with Crippen molar-refractivity contribution in [2.24, 2.45) is 0 Å². The van der Waals surface area contributed by atoms with E-state index in [0.29, 0.717) is 19.6 Å². The van der Waals surface area contributed by atoms with Crippen LogP contribution in [0.4, 0.5) is 5.69 Å². The molecule has 7 heteroatoms. The molecule has 1 N–H and O–H groups in total. The van der Waals surface area contributed by atoms with Crippen molar-refractivity contribution in [1.82, 2.24) is 15.1 Å². The highest BCUT2D eigenvalue weighted by atomic mass is 16.5. The van der Waals surface area contributed by atoms with Crippen LogP contribution in [0.5, 0.6) is 5.75 Å². The van der Waals surface area contributed by atoms with Crippen LogP contribution in [0, 0.1) is 0 Å². The third kappa shape index (κ3) is 5.78. The van der Waals surface area contributed by atoms with Crippen molar-refractivity contribution in [2.45, 2.75) is 44.7 Å². The van der Waals surface area contributed by atoms with Crippen LogP contribution in [0.3, 0.4) is 0 Å². The summed E-state index contributed by atoms with van der Waals surface area (Å²) in [6, 6.07) is 31.2. The van der Waals surface area contributed by atoms with E-state index in [1.807, 2.05) is 36.1 Å². The van der Waals surface area contributed by atoms with Gasteiger partial charge in [0.1, 0.15) is 11.2 Å². The fourth-order valence-corrected chi connectivity index (χ4v) is 7.88. The van der Waals surface area contributed by atoms with E-state index in [-0.39, 0.29) is 11.8 Å². The Labute approximate surface area is 278 Å². The Hall–Kier alpha value is -4.62. The smallest absolute Gasteiger partial charge is 0.254 e. The van der Waals surface area contributed by atoms with Crippen LogP contribution in [0.25, 0.3) is 11.1 Å². The van der Waals surface area contributed by atoms with Crippen LogP contribution in [-0.2, 0) is 23.3 Å². The van der Waals surface area contributed by atoms with E-state index >= 15 is 0 Å². The summed E-state index contributed by atoms with van der Waals surface area (Å²) in [5.74, 6) is 1.02. The molecule has 0 aromatic heterocycles. The quantitative estimate of drug-likeness (QED) is 0.199. The van der Waals surface area contributed by atoms with Gasteiger partial charge in [0.25, 0.3) is 5.91 Å². The maximum Gasteiger partial charge on any atom is 0.254 e. The molecule has 1 fully saturated rings. The number of carbonyl (C=O) groups excluding carboxylic acids is 2. The molecule has 1 aliphatic carbocycles. The molecular weight excluding hydrogens is 584 g/mol. The molecule has 2 aliphatic heterocycles. The van der Waals surface area contributed by atoms with Gasteiger partial charge in [-0.25, -0.2) is 0 Å². The SMILES string of the molecule is CCNC(=O)C1(CCCCN2CCN(c3ccc4c(c3)C(=O)N(Cc3cccc(OC)c3)C4)CC2)c2ccccc2-c2ccccc21. The van der Waals surface area contributed by atoms with E-state index in [1.165, 1.54) is 11.1 Å². The average molecular weight is 629 g/mol. The lowest BCUT2D eigenvalue weighted by atomic mass is 9.73. The molecule has 0 bridgehead atoms. The number of nitrogens with zero attached hydrogens (tertiary/aromatic N) is 3. The summed E-state index contributed by atoms with van der Waals surface area (Å²) in [7, 11) is 1.66. The summed E-state index contributed by atoms with van der Waals surface area (Å²) in [6.45, 7) is 8.69. The maximum atomic E-state index is 13.8. The van der Waals surface area contributed by atoms with Gasteiger partial charge in [-0.2, -0.15) is 0 Å². The molecule has 7 nitrogen and oxygen atoms in total. The predicted molar refractivity (Wildman–Crippen MR) is 187 cm³/mol. The van der Waals surface area contributed by atoms with Gasteiger partial charge in [-0.1, -0.05) is 73.2 Å². The molecule has 7 rings (SSSR count). The van der Waals surface area contributed by atoms with E-state index < -0.39 is 5.41 Å². The fraction of sp³-hybridized carbons (Fsp3) is 0.350. The minimum absolute atomic E-state index is 0.0983. The number of carbonyl (C=O) groups is 2. The van der Waals surface area contributed by atoms with Crippen molar-refractivity contribution in [3.8, 4) is 16.9 Å². The molecular formula is C40H44N4O3. The Morgan fingerprint density at radius 3 is 2.26 bits per heavy atom. The van der Waals surface area contributed by atoms with Crippen LogP contribution in [0.15, 0.2) is 91.0 Å². The van der Waals surface area contributed by atoms with Crippen LogP contribution in [0.1, 0.15) is 58.8 Å². The molecule has 0 unspecified atom stereocenters. The van der Waals surface area contributed by atoms with Gasteiger partial charge in [0.05, 0.1) is 7.11 Å². The monoisotopic (exact) mass is 628 g/mol. The first-order valence-electron chi connectivity index (χ1n) is 17.0. The second-order valence-electron chi connectivity index (χ2n) is 13.0.